The Morgan fingerprint density at radius 3 is 2.57 bits per heavy atom. The molecule has 0 amide bonds. The number of piperazine rings is 1. The molecule has 28 heavy (non-hydrogen) atoms. The largest absolute Gasteiger partial charge is 0.506 e. The monoisotopic (exact) mass is 386 g/mol. The maximum absolute atomic E-state index is 13.9. The van der Waals surface area contributed by atoms with Crippen molar-refractivity contribution in [3.8, 4) is 11.5 Å². The zero-order chi connectivity index (χ0) is 19.9. The normalized spacial score (nSPS) is 14.9. The Bertz CT molecular complexity index is 820. The first-order valence-corrected chi connectivity index (χ1v) is 9.51. The van der Waals surface area contributed by atoms with Crippen LogP contribution < -0.4 is 15.0 Å². The molecule has 7 heteroatoms. The summed E-state index contributed by atoms with van der Waals surface area (Å²) in [5, 5.41) is 13.4. The molecule has 0 spiro atoms. The number of methoxy groups -OCH3 is 1. The van der Waals surface area contributed by atoms with Crippen molar-refractivity contribution in [1.82, 2.24) is 10.2 Å². The zero-order valence-corrected chi connectivity index (χ0v) is 16.4. The smallest absolute Gasteiger partial charge is 0.194 e. The van der Waals surface area contributed by atoms with Gasteiger partial charge in [0.25, 0.3) is 0 Å². The number of para-hydroxylation sites is 2. The third kappa shape index (κ3) is 4.65. The number of aromatic hydroxyl groups is 1. The zero-order valence-electron chi connectivity index (χ0n) is 16.4. The Hall–Kier alpha value is -2.96. The molecule has 6 nitrogen and oxygen atoms in total. The van der Waals surface area contributed by atoms with Crippen molar-refractivity contribution in [3.63, 3.8) is 0 Å². The van der Waals surface area contributed by atoms with Gasteiger partial charge < -0.3 is 25.0 Å². The Labute approximate surface area is 165 Å². The van der Waals surface area contributed by atoms with Gasteiger partial charge in [-0.25, -0.2) is 9.38 Å². The van der Waals surface area contributed by atoms with Gasteiger partial charge in [0.15, 0.2) is 17.5 Å². The van der Waals surface area contributed by atoms with Gasteiger partial charge in [-0.15, -0.1) is 0 Å². The van der Waals surface area contributed by atoms with Crippen LogP contribution in [0.4, 0.5) is 10.1 Å². The molecule has 1 aliphatic heterocycles. The maximum atomic E-state index is 13.9. The second-order valence-corrected chi connectivity index (χ2v) is 6.60. The van der Waals surface area contributed by atoms with Crippen molar-refractivity contribution in [2.75, 3.05) is 44.7 Å². The summed E-state index contributed by atoms with van der Waals surface area (Å²) < 4.78 is 18.8. The fourth-order valence-corrected chi connectivity index (χ4v) is 3.29. The molecular weight excluding hydrogens is 359 g/mol. The van der Waals surface area contributed by atoms with E-state index in [4.69, 9.17) is 4.74 Å². The van der Waals surface area contributed by atoms with E-state index < -0.39 is 0 Å². The van der Waals surface area contributed by atoms with Gasteiger partial charge in [0, 0.05) is 32.7 Å². The summed E-state index contributed by atoms with van der Waals surface area (Å²) in [6, 6.07) is 12.3. The van der Waals surface area contributed by atoms with Gasteiger partial charge in [0.05, 0.1) is 19.3 Å². The van der Waals surface area contributed by atoms with E-state index in [1.807, 2.05) is 31.2 Å². The van der Waals surface area contributed by atoms with Crippen molar-refractivity contribution < 1.29 is 14.2 Å². The number of hydrogen-bond donors (Lipinski definition) is 2. The number of aliphatic imine (C=N–C) groups is 1. The molecule has 1 saturated heterocycles. The highest BCUT2D eigenvalue weighted by Gasteiger charge is 2.21. The van der Waals surface area contributed by atoms with Gasteiger partial charge in [-0.2, -0.15) is 0 Å². The summed E-state index contributed by atoms with van der Waals surface area (Å²) in [5.41, 5.74) is 1.65. The molecule has 2 aromatic carbocycles. The highest BCUT2D eigenvalue weighted by atomic mass is 19.1. The van der Waals surface area contributed by atoms with E-state index >= 15 is 0 Å². The van der Waals surface area contributed by atoms with Crippen LogP contribution in [-0.4, -0.2) is 55.8 Å². The lowest BCUT2D eigenvalue weighted by Crippen LogP contribution is -2.52. The summed E-state index contributed by atoms with van der Waals surface area (Å²) >= 11 is 0. The number of anilines is 1. The fraction of sp³-hybridized carbons (Fsp3) is 0.381. The number of phenolic OH excluding ortho intramolecular Hbond substituents is 1. The van der Waals surface area contributed by atoms with Crippen LogP contribution in [0, 0.1) is 5.82 Å². The van der Waals surface area contributed by atoms with Gasteiger partial charge in [-0.1, -0.05) is 18.2 Å². The Balaban J connectivity index is 1.65. The lowest BCUT2D eigenvalue weighted by atomic mass is 10.2. The van der Waals surface area contributed by atoms with E-state index in [9.17, 15) is 9.50 Å². The van der Waals surface area contributed by atoms with Crippen molar-refractivity contribution >= 4 is 11.6 Å². The molecule has 2 aromatic rings. The number of benzene rings is 2. The number of halogens is 1. The summed E-state index contributed by atoms with van der Waals surface area (Å²) in [6.07, 6.45) is 0. The fourth-order valence-electron chi connectivity index (χ4n) is 3.29. The predicted molar refractivity (Wildman–Crippen MR) is 110 cm³/mol. The molecule has 150 valence electrons. The van der Waals surface area contributed by atoms with E-state index in [2.05, 4.69) is 20.1 Å². The first-order valence-electron chi connectivity index (χ1n) is 9.51. The van der Waals surface area contributed by atoms with E-state index in [-0.39, 0.29) is 11.6 Å². The predicted octanol–water partition coefficient (Wildman–Crippen LogP) is 2.83. The van der Waals surface area contributed by atoms with Gasteiger partial charge in [-0.3, -0.25) is 0 Å². The molecule has 1 aliphatic rings. The molecule has 0 unspecified atom stereocenters. The molecule has 0 saturated carbocycles. The minimum Gasteiger partial charge on any atom is -0.506 e. The number of nitrogens with one attached hydrogen (secondary N) is 1. The molecular formula is C21H27FN4O2. The van der Waals surface area contributed by atoms with Gasteiger partial charge in [0.1, 0.15) is 5.75 Å². The van der Waals surface area contributed by atoms with Gasteiger partial charge in [0.2, 0.25) is 0 Å². The second kappa shape index (κ2) is 9.30. The average molecular weight is 386 g/mol. The molecule has 3 rings (SSSR count). The number of phenols is 1. The van der Waals surface area contributed by atoms with Crippen molar-refractivity contribution in [2.45, 2.75) is 13.5 Å². The summed E-state index contributed by atoms with van der Waals surface area (Å²) in [7, 11) is 1.45. The van der Waals surface area contributed by atoms with Gasteiger partial charge in [-0.05, 0) is 36.8 Å². The summed E-state index contributed by atoms with van der Waals surface area (Å²) in [4.78, 5) is 9.04. The van der Waals surface area contributed by atoms with E-state index in [0.29, 0.717) is 12.3 Å². The van der Waals surface area contributed by atoms with Crippen LogP contribution in [-0.2, 0) is 6.54 Å². The highest BCUT2D eigenvalue weighted by Crippen LogP contribution is 2.27. The second-order valence-electron chi connectivity index (χ2n) is 6.60. The van der Waals surface area contributed by atoms with E-state index in [1.54, 1.807) is 12.1 Å². The SMILES string of the molecule is CCNC(=NCc1ccc(OC)c(F)c1)N1CCN(c2ccccc2O)CC1. The van der Waals surface area contributed by atoms with Crippen molar-refractivity contribution in [3.05, 3.63) is 53.8 Å². The molecule has 0 bridgehead atoms. The van der Waals surface area contributed by atoms with Crippen molar-refractivity contribution in [2.24, 2.45) is 4.99 Å². The van der Waals surface area contributed by atoms with E-state index in [1.165, 1.54) is 13.2 Å². The first-order chi connectivity index (χ1) is 13.6. The average Bonchev–Trinajstić information content (AvgIpc) is 2.72. The van der Waals surface area contributed by atoms with Gasteiger partial charge >= 0.3 is 0 Å². The minimum absolute atomic E-state index is 0.236. The summed E-state index contributed by atoms with van der Waals surface area (Å²) in [6.45, 7) is 6.34. The topological polar surface area (TPSA) is 60.3 Å². The molecule has 1 fully saturated rings. The van der Waals surface area contributed by atoms with Crippen LogP contribution in [0.5, 0.6) is 11.5 Å². The number of nitrogens with zero attached hydrogens (tertiary/aromatic N) is 3. The van der Waals surface area contributed by atoms with Crippen LogP contribution >= 0.6 is 0 Å². The Morgan fingerprint density at radius 2 is 1.93 bits per heavy atom. The van der Waals surface area contributed by atoms with E-state index in [0.717, 1.165) is 49.9 Å². The van der Waals surface area contributed by atoms with Crippen LogP contribution in [0.2, 0.25) is 0 Å². The van der Waals surface area contributed by atoms with Crippen LogP contribution in [0.3, 0.4) is 0 Å². The third-order valence-corrected chi connectivity index (χ3v) is 4.76. The first kappa shape index (κ1) is 19.8. The number of hydrogen-bond acceptors (Lipinski definition) is 4. The molecule has 0 radical (unpaired) electrons. The standard InChI is InChI=1S/C21H27FN4O2/c1-3-23-21(24-15-16-8-9-20(28-2)17(22)14-16)26-12-10-25(11-13-26)18-6-4-5-7-19(18)27/h4-9,14,27H,3,10-13,15H2,1-2H3,(H,23,24). The highest BCUT2D eigenvalue weighted by molar-refractivity contribution is 5.80. The number of guanidine groups is 1. The molecule has 2 N–H and O–H groups in total. The maximum Gasteiger partial charge on any atom is 0.194 e. The summed E-state index contributed by atoms with van der Waals surface area (Å²) in [5.74, 6) is 0.977. The molecule has 0 aliphatic carbocycles. The number of ether oxygens (including phenoxy) is 1. The lowest BCUT2D eigenvalue weighted by molar-refractivity contribution is 0.369. The quantitative estimate of drug-likeness (QED) is 0.611. The number of rotatable bonds is 5. The van der Waals surface area contributed by atoms with Crippen LogP contribution in [0.15, 0.2) is 47.5 Å². The molecule has 1 heterocycles. The molecule has 0 atom stereocenters. The Kier molecular flexibility index (Phi) is 6.57. The van der Waals surface area contributed by atoms with Crippen LogP contribution in [0.25, 0.3) is 0 Å². The van der Waals surface area contributed by atoms with Crippen molar-refractivity contribution in [1.29, 1.82) is 0 Å². The van der Waals surface area contributed by atoms with Crippen LogP contribution in [0.1, 0.15) is 12.5 Å². The third-order valence-electron chi connectivity index (χ3n) is 4.76. The Morgan fingerprint density at radius 1 is 1.18 bits per heavy atom. The molecule has 0 aromatic heterocycles. The minimum atomic E-state index is -0.378. The lowest BCUT2D eigenvalue weighted by Gasteiger charge is -2.37.